The second-order valence-corrected chi connectivity index (χ2v) is 6.49. The fraction of sp³-hybridized carbons (Fsp3) is 0.556. The van der Waals surface area contributed by atoms with E-state index in [9.17, 15) is 0 Å². The highest BCUT2D eigenvalue weighted by Gasteiger charge is 2.30. The Morgan fingerprint density at radius 2 is 2.20 bits per heavy atom. The average Bonchev–Trinajstić information content (AvgIpc) is 2.75. The van der Waals surface area contributed by atoms with E-state index in [4.69, 9.17) is 9.47 Å². The molecule has 0 N–H and O–H groups in total. The predicted molar refractivity (Wildman–Crippen MR) is 83.1 cm³/mol. The maximum atomic E-state index is 5.94. The number of rotatable bonds is 5. The van der Waals surface area contributed by atoms with Crippen molar-refractivity contribution >= 4 is 0 Å². The minimum atomic E-state index is 0.0466. The van der Waals surface area contributed by atoms with Crippen LogP contribution in [-0.4, -0.2) is 11.7 Å². The van der Waals surface area contributed by atoms with Crippen molar-refractivity contribution in [1.82, 2.24) is 0 Å². The largest absolute Gasteiger partial charge is 0.465 e. The first kappa shape index (κ1) is 15.1. The summed E-state index contributed by atoms with van der Waals surface area (Å²) in [6, 6.07) is 8.27. The van der Waals surface area contributed by atoms with Crippen molar-refractivity contribution in [2.75, 3.05) is 0 Å². The molecule has 0 aliphatic carbocycles. The SMILES string of the molecule is CC(C)c1cccc(OC=CCC2CCC(C)(C)O2)c1. The fourth-order valence-electron chi connectivity index (χ4n) is 2.52. The van der Waals surface area contributed by atoms with Crippen LogP contribution in [0.1, 0.15) is 58.4 Å². The fourth-order valence-corrected chi connectivity index (χ4v) is 2.52. The molecular weight excluding hydrogens is 248 g/mol. The third-order valence-electron chi connectivity index (χ3n) is 3.78. The van der Waals surface area contributed by atoms with Crippen molar-refractivity contribution in [3.63, 3.8) is 0 Å². The highest BCUT2D eigenvalue weighted by molar-refractivity contribution is 5.30. The molecule has 110 valence electrons. The summed E-state index contributed by atoms with van der Waals surface area (Å²) in [5.41, 5.74) is 1.35. The van der Waals surface area contributed by atoms with Gasteiger partial charge in [0.15, 0.2) is 0 Å². The van der Waals surface area contributed by atoms with Crippen LogP contribution in [0.3, 0.4) is 0 Å². The molecule has 1 saturated heterocycles. The van der Waals surface area contributed by atoms with Gasteiger partial charge < -0.3 is 9.47 Å². The summed E-state index contributed by atoms with van der Waals surface area (Å²) in [6.07, 6.45) is 7.39. The van der Waals surface area contributed by atoms with Crippen molar-refractivity contribution in [3.8, 4) is 5.75 Å². The highest BCUT2D eigenvalue weighted by Crippen LogP contribution is 2.31. The summed E-state index contributed by atoms with van der Waals surface area (Å²) in [7, 11) is 0. The number of hydrogen-bond acceptors (Lipinski definition) is 2. The van der Waals surface area contributed by atoms with Gasteiger partial charge in [-0.2, -0.15) is 0 Å². The van der Waals surface area contributed by atoms with Crippen LogP contribution in [0, 0.1) is 0 Å². The van der Waals surface area contributed by atoms with Crippen molar-refractivity contribution in [2.45, 2.75) is 64.6 Å². The van der Waals surface area contributed by atoms with E-state index in [0.717, 1.165) is 25.0 Å². The molecule has 0 bridgehead atoms. The van der Waals surface area contributed by atoms with Crippen molar-refractivity contribution in [2.24, 2.45) is 0 Å². The Labute approximate surface area is 122 Å². The molecular formula is C18H26O2. The molecule has 1 unspecified atom stereocenters. The number of ether oxygens (including phenoxy) is 2. The van der Waals surface area contributed by atoms with Crippen LogP contribution in [0.15, 0.2) is 36.6 Å². The first-order valence-electron chi connectivity index (χ1n) is 7.56. The zero-order valence-electron chi connectivity index (χ0n) is 13.1. The van der Waals surface area contributed by atoms with Crippen molar-refractivity contribution in [1.29, 1.82) is 0 Å². The van der Waals surface area contributed by atoms with Crippen LogP contribution in [0.5, 0.6) is 5.75 Å². The minimum absolute atomic E-state index is 0.0466. The Morgan fingerprint density at radius 3 is 2.85 bits per heavy atom. The molecule has 0 radical (unpaired) electrons. The standard InChI is InChI=1S/C18H26O2/c1-14(2)15-7-5-8-17(13-15)19-12-6-9-16-10-11-18(3,4)20-16/h5-8,12-14,16H,9-11H2,1-4H3. The second-order valence-electron chi connectivity index (χ2n) is 6.49. The molecule has 0 saturated carbocycles. The van der Waals surface area contributed by atoms with E-state index in [0.29, 0.717) is 12.0 Å². The van der Waals surface area contributed by atoms with E-state index in [1.165, 1.54) is 5.56 Å². The van der Waals surface area contributed by atoms with Gasteiger partial charge in [0.25, 0.3) is 0 Å². The van der Waals surface area contributed by atoms with E-state index in [-0.39, 0.29) is 5.60 Å². The third kappa shape index (κ3) is 4.38. The van der Waals surface area contributed by atoms with Gasteiger partial charge in [-0.3, -0.25) is 0 Å². The molecule has 1 fully saturated rings. The van der Waals surface area contributed by atoms with E-state index < -0.39 is 0 Å². The maximum absolute atomic E-state index is 5.94. The Hall–Kier alpha value is -1.28. The molecule has 1 aromatic rings. The normalized spacial score (nSPS) is 21.8. The summed E-state index contributed by atoms with van der Waals surface area (Å²) in [5, 5.41) is 0. The van der Waals surface area contributed by atoms with E-state index >= 15 is 0 Å². The second kappa shape index (κ2) is 6.45. The average molecular weight is 274 g/mol. The highest BCUT2D eigenvalue weighted by atomic mass is 16.5. The van der Waals surface area contributed by atoms with Gasteiger partial charge in [-0.1, -0.05) is 26.0 Å². The molecule has 1 aliphatic heterocycles. The summed E-state index contributed by atoms with van der Waals surface area (Å²) >= 11 is 0. The lowest BCUT2D eigenvalue weighted by Gasteiger charge is -2.18. The zero-order chi connectivity index (χ0) is 14.6. The maximum Gasteiger partial charge on any atom is 0.126 e. The molecule has 2 nitrogen and oxygen atoms in total. The summed E-state index contributed by atoms with van der Waals surface area (Å²) in [5.74, 6) is 1.43. The van der Waals surface area contributed by atoms with E-state index in [1.807, 2.05) is 12.1 Å². The van der Waals surface area contributed by atoms with Gasteiger partial charge in [0, 0.05) is 0 Å². The van der Waals surface area contributed by atoms with Crippen LogP contribution in [0.2, 0.25) is 0 Å². The van der Waals surface area contributed by atoms with Gasteiger partial charge in [0.1, 0.15) is 5.75 Å². The molecule has 1 atom stereocenters. The van der Waals surface area contributed by atoms with Crippen LogP contribution in [0.4, 0.5) is 0 Å². The monoisotopic (exact) mass is 274 g/mol. The predicted octanol–water partition coefficient (Wildman–Crippen LogP) is 5.05. The van der Waals surface area contributed by atoms with Gasteiger partial charge in [0.05, 0.1) is 18.0 Å². The lowest BCUT2D eigenvalue weighted by molar-refractivity contribution is -0.0135. The van der Waals surface area contributed by atoms with Gasteiger partial charge in [0.2, 0.25) is 0 Å². The Kier molecular flexibility index (Phi) is 4.87. The lowest BCUT2D eigenvalue weighted by Crippen LogP contribution is -2.19. The number of hydrogen-bond donors (Lipinski definition) is 0. The molecule has 1 heterocycles. The van der Waals surface area contributed by atoms with Crippen LogP contribution < -0.4 is 4.74 Å². The number of benzene rings is 1. The van der Waals surface area contributed by atoms with E-state index in [1.54, 1.807) is 6.26 Å². The van der Waals surface area contributed by atoms with Crippen LogP contribution >= 0.6 is 0 Å². The first-order chi connectivity index (χ1) is 9.46. The zero-order valence-corrected chi connectivity index (χ0v) is 13.1. The summed E-state index contributed by atoms with van der Waals surface area (Å²) < 4.78 is 11.6. The Bertz CT molecular complexity index is 460. The Balaban J connectivity index is 1.80. The van der Waals surface area contributed by atoms with Crippen LogP contribution in [-0.2, 0) is 4.74 Å². The molecule has 1 aromatic carbocycles. The molecule has 0 amide bonds. The molecule has 2 heteroatoms. The molecule has 0 aromatic heterocycles. The first-order valence-corrected chi connectivity index (χ1v) is 7.56. The van der Waals surface area contributed by atoms with Crippen molar-refractivity contribution < 1.29 is 9.47 Å². The molecule has 2 rings (SSSR count). The van der Waals surface area contributed by atoms with E-state index in [2.05, 4.69) is 45.9 Å². The van der Waals surface area contributed by atoms with Gasteiger partial charge in [-0.15, -0.1) is 0 Å². The van der Waals surface area contributed by atoms with Crippen LogP contribution in [0.25, 0.3) is 0 Å². The van der Waals surface area contributed by atoms with Gasteiger partial charge >= 0.3 is 0 Å². The molecule has 20 heavy (non-hydrogen) atoms. The van der Waals surface area contributed by atoms with Crippen molar-refractivity contribution in [3.05, 3.63) is 42.2 Å². The summed E-state index contributed by atoms with van der Waals surface area (Å²) in [6.45, 7) is 8.69. The molecule has 1 aliphatic rings. The van der Waals surface area contributed by atoms with Gasteiger partial charge in [-0.05, 0) is 62.8 Å². The molecule has 0 spiro atoms. The minimum Gasteiger partial charge on any atom is -0.465 e. The van der Waals surface area contributed by atoms with Gasteiger partial charge in [-0.25, -0.2) is 0 Å². The summed E-state index contributed by atoms with van der Waals surface area (Å²) in [4.78, 5) is 0. The lowest BCUT2D eigenvalue weighted by atomic mass is 10.0. The third-order valence-corrected chi connectivity index (χ3v) is 3.78. The quantitative estimate of drug-likeness (QED) is 0.699. The Morgan fingerprint density at radius 1 is 1.40 bits per heavy atom. The topological polar surface area (TPSA) is 18.5 Å². The smallest absolute Gasteiger partial charge is 0.126 e.